The number of nitrogens with one attached hydrogen (secondary N) is 1. The van der Waals surface area contributed by atoms with Gasteiger partial charge in [-0.15, -0.1) is 0 Å². The largest absolute Gasteiger partial charge is 0.497 e. The highest BCUT2D eigenvalue weighted by Crippen LogP contribution is 2.15. The van der Waals surface area contributed by atoms with Crippen molar-refractivity contribution in [2.75, 3.05) is 27.7 Å². The van der Waals surface area contributed by atoms with Crippen LogP contribution in [0.25, 0.3) is 0 Å². The summed E-state index contributed by atoms with van der Waals surface area (Å²) in [4.78, 5) is 2.39. The Balaban J connectivity index is 2.44. The van der Waals surface area contributed by atoms with E-state index in [9.17, 15) is 0 Å². The molecule has 0 aliphatic carbocycles. The maximum absolute atomic E-state index is 5.25. The van der Waals surface area contributed by atoms with Gasteiger partial charge in [-0.3, -0.25) is 4.90 Å². The van der Waals surface area contributed by atoms with Crippen LogP contribution in [-0.2, 0) is 6.54 Å². The Bertz CT molecular complexity index is 341. The molecule has 0 radical (unpaired) electrons. The van der Waals surface area contributed by atoms with E-state index < -0.39 is 0 Å². The standard InChI is InChI=1S/C15H26N2O/c1-13(7-6-10-16-2)17(3)12-14-8-5-9-15(11-14)18-4/h5,8-9,11,13,16H,6-7,10,12H2,1-4H3. The molecule has 0 fully saturated rings. The van der Waals surface area contributed by atoms with Crippen molar-refractivity contribution < 1.29 is 4.74 Å². The van der Waals surface area contributed by atoms with Crippen molar-refractivity contribution >= 4 is 0 Å². The summed E-state index contributed by atoms with van der Waals surface area (Å²) in [5, 5.41) is 3.19. The smallest absolute Gasteiger partial charge is 0.119 e. The van der Waals surface area contributed by atoms with Gasteiger partial charge in [-0.1, -0.05) is 12.1 Å². The average Bonchev–Trinajstić information content (AvgIpc) is 2.39. The second-order valence-electron chi connectivity index (χ2n) is 4.86. The molecule has 3 nitrogen and oxygen atoms in total. The first-order valence-corrected chi connectivity index (χ1v) is 6.65. The fourth-order valence-electron chi connectivity index (χ4n) is 2.01. The number of benzene rings is 1. The van der Waals surface area contributed by atoms with Gasteiger partial charge in [0.25, 0.3) is 0 Å². The van der Waals surface area contributed by atoms with Gasteiger partial charge >= 0.3 is 0 Å². The molecule has 1 atom stereocenters. The van der Waals surface area contributed by atoms with E-state index in [1.165, 1.54) is 18.4 Å². The number of hydrogen-bond donors (Lipinski definition) is 1. The van der Waals surface area contributed by atoms with Crippen LogP contribution in [0.3, 0.4) is 0 Å². The molecular weight excluding hydrogens is 224 g/mol. The monoisotopic (exact) mass is 250 g/mol. The lowest BCUT2D eigenvalue weighted by Gasteiger charge is -2.25. The molecule has 0 saturated carbocycles. The molecule has 0 spiro atoms. The third-order valence-electron chi connectivity index (χ3n) is 3.37. The molecule has 1 rings (SSSR count). The minimum absolute atomic E-state index is 0.601. The maximum atomic E-state index is 5.25. The van der Waals surface area contributed by atoms with E-state index in [1.807, 2.05) is 19.2 Å². The van der Waals surface area contributed by atoms with Crippen LogP contribution in [0, 0.1) is 0 Å². The summed E-state index contributed by atoms with van der Waals surface area (Å²) in [5.41, 5.74) is 1.30. The van der Waals surface area contributed by atoms with Gasteiger partial charge in [-0.25, -0.2) is 0 Å². The van der Waals surface area contributed by atoms with E-state index >= 15 is 0 Å². The zero-order valence-electron chi connectivity index (χ0n) is 12.1. The molecule has 1 unspecified atom stereocenters. The van der Waals surface area contributed by atoms with Crippen molar-refractivity contribution in [2.24, 2.45) is 0 Å². The Morgan fingerprint density at radius 3 is 2.83 bits per heavy atom. The number of nitrogens with zero attached hydrogens (tertiary/aromatic N) is 1. The van der Waals surface area contributed by atoms with Crippen LogP contribution in [0.5, 0.6) is 5.75 Å². The number of rotatable bonds is 8. The molecule has 0 saturated heterocycles. The SMILES string of the molecule is CNCCCC(C)N(C)Cc1cccc(OC)c1. The average molecular weight is 250 g/mol. The summed E-state index contributed by atoms with van der Waals surface area (Å²) in [6.07, 6.45) is 2.45. The number of hydrogen-bond acceptors (Lipinski definition) is 3. The quantitative estimate of drug-likeness (QED) is 0.718. The molecule has 1 aromatic carbocycles. The Morgan fingerprint density at radius 2 is 2.17 bits per heavy atom. The molecule has 102 valence electrons. The minimum Gasteiger partial charge on any atom is -0.497 e. The predicted octanol–water partition coefficient (Wildman–Crippen LogP) is 2.52. The Labute approximate surface area is 111 Å². The van der Waals surface area contributed by atoms with Crippen LogP contribution in [0.1, 0.15) is 25.3 Å². The summed E-state index contributed by atoms with van der Waals surface area (Å²) < 4.78 is 5.25. The van der Waals surface area contributed by atoms with Gasteiger partial charge in [0.1, 0.15) is 5.75 Å². The summed E-state index contributed by atoms with van der Waals surface area (Å²) >= 11 is 0. The highest BCUT2D eigenvalue weighted by Gasteiger charge is 2.09. The first-order valence-electron chi connectivity index (χ1n) is 6.65. The summed E-state index contributed by atoms with van der Waals surface area (Å²) in [5.74, 6) is 0.934. The van der Waals surface area contributed by atoms with Gasteiger partial charge in [0.05, 0.1) is 7.11 Å². The van der Waals surface area contributed by atoms with Crippen molar-refractivity contribution in [3.8, 4) is 5.75 Å². The van der Waals surface area contributed by atoms with Gasteiger partial charge < -0.3 is 10.1 Å². The lowest BCUT2D eigenvalue weighted by atomic mass is 10.1. The van der Waals surface area contributed by atoms with Crippen LogP contribution in [0.2, 0.25) is 0 Å². The van der Waals surface area contributed by atoms with Crippen molar-refractivity contribution in [1.82, 2.24) is 10.2 Å². The van der Waals surface area contributed by atoms with Gasteiger partial charge in [-0.2, -0.15) is 0 Å². The van der Waals surface area contributed by atoms with Crippen LogP contribution < -0.4 is 10.1 Å². The van der Waals surface area contributed by atoms with E-state index in [1.54, 1.807) is 7.11 Å². The third kappa shape index (κ3) is 5.07. The normalized spacial score (nSPS) is 12.7. The zero-order chi connectivity index (χ0) is 13.4. The number of ether oxygens (including phenoxy) is 1. The molecule has 0 amide bonds. The highest BCUT2D eigenvalue weighted by molar-refractivity contribution is 5.28. The molecule has 0 heterocycles. The minimum atomic E-state index is 0.601. The van der Waals surface area contributed by atoms with Crippen molar-refractivity contribution in [2.45, 2.75) is 32.4 Å². The molecule has 0 aromatic heterocycles. The van der Waals surface area contributed by atoms with E-state index in [4.69, 9.17) is 4.74 Å². The molecule has 0 bridgehead atoms. The van der Waals surface area contributed by atoms with Crippen molar-refractivity contribution in [3.63, 3.8) is 0 Å². The molecule has 1 N–H and O–H groups in total. The maximum Gasteiger partial charge on any atom is 0.119 e. The Kier molecular flexibility index (Phi) is 6.76. The first-order chi connectivity index (χ1) is 8.67. The van der Waals surface area contributed by atoms with Crippen LogP contribution in [0.4, 0.5) is 0 Å². The number of methoxy groups -OCH3 is 1. The Morgan fingerprint density at radius 1 is 1.39 bits per heavy atom. The molecule has 0 aliphatic rings. The van der Waals surface area contributed by atoms with Crippen molar-refractivity contribution in [1.29, 1.82) is 0 Å². The second kappa shape index (κ2) is 8.11. The summed E-state index contributed by atoms with van der Waals surface area (Å²) in [7, 11) is 5.90. The lowest BCUT2D eigenvalue weighted by molar-refractivity contribution is 0.234. The van der Waals surface area contributed by atoms with E-state index in [-0.39, 0.29) is 0 Å². The highest BCUT2D eigenvalue weighted by atomic mass is 16.5. The van der Waals surface area contributed by atoms with Gasteiger partial charge in [-0.05, 0) is 58.1 Å². The summed E-state index contributed by atoms with van der Waals surface area (Å²) in [6, 6.07) is 8.90. The molecule has 1 aromatic rings. The fraction of sp³-hybridized carbons (Fsp3) is 0.600. The van der Waals surface area contributed by atoms with E-state index in [2.05, 4.69) is 36.3 Å². The van der Waals surface area contributed by atoms with Crippen LogP contribution in [0.15, 0.2) is 24.3 Å². The summed E-state index contributed by atoms with van der Waals surface area (Å²) in [6.45, 7) is 4.35. The fourth-order valence-corrected chi connectivity index (χ4v) is 2.01. The van der Waals surface area contributed by atoms with Crippen LogP contribution >= 0.6 is 0 Å². The predicted molar refractivity (Wildman–Crippen MR) is 77.1 cm³/mol. The molecule has 0 aliphatic heterocycles. The third-order valence-corrected chi connectivity index (χ3v) is 3.37. The second-order valence-corrected chi connectivity index (χ2v) is 4.86. The topological polar surface area (TPSA) is 24.5 Å². The molecular formula is C15H26N2O. The van der Waals surface area contributed by atoms with E-state index in [0.29, 0.717) is 6.04 Å². The van der Waals surface area contributed by atoms with Gasteiger partial charge in [0, 0.05) is 12.6 Å². The Hall–Kier alpha value is -1.06. The molecule has 18 heavy (non-hydrogen) atoms. The van der Waals surface area contributed by atoms with Gasteiger partial charge in [0.15, 0.2) is 0 Å². The molecule has 3 heteroatoms. The van der Waals surface area contributed by atoms with E-state index in [0.717, 1.165) is 18.8 Å². The van der Waals surface area contributed by atoms with Crippen molar-refractivity contribution in [3.05, 3.63) is 29.8 Å². The zero-order valence-corrected chi connectivity index (χ0v) is 12.1. The van der Waals surface area contributed by atoms with Crippen LogP contribution in [-0.4, -0.2) is 38.7 Å². The first kappa shape index (κ1) is 15.0. The lowest BCUT2D eigenvalue weighted by Crippen LogP contribution is -2.29. The van der Waals surface area contributed by atoms with Gasteiger partial charge in [0.2, 0.25) is 0 Å².